The maximum absolute atomic E-state index is 12.6. The lowest BCUT2D eigenvalue weighted by molar-refractivity contribution is -0.145. The van der Waals surface area contributed by atoms with Crippen LogP contribution in [0.2, 0.25) is 0 Å². The number of cyclic esters (lactones) is 1. The maximum atomic E-state index is 12.6. The first kappa shape index (κ1) is 13.9. The van der Waals surface area contributed by atoms with Gasteiger partial charge in [-0.15, -0.1) is 0 Å². The third kappa shape index (κ3) is 2.46. The molecule has 0 saturated heterocycles. The topological polar surface area (TPSA) is 50.4 Å². The van der Waals surface area contributed by atoms with Crippen LogP contribution in [0.5, 0.6) is 0 Å². The van der Waals surface area contributed by atoms with Gasteiger partial charge in [-0.3, -0.25) is 0 Å². The molecule has 0 bridgehead atoms. The van der Waals surface area contributed by atoms with Gasteiger partial charge in [-0.05, 0) is 24.6 Å². The summed E-state index contributed by atoms with van der Waals surface area (Å²) in [5.74, 6) is -0.250. The van der Waals surface area contributed by atoms with Crippen LogP contribution in [0.4, 0.5) is 11.4 Å². The van der Waals surface area contributed by atoms with Crippen LogP contribution in [0.3, 0.4) is 0 Å². The number of benzene rings is 2. The summed E-state index contributed by atoms with van der Waals surface area (Å²) in [6.45, 7) is 1.92. The smallest absolute Gasteiger partial charge is 0.338 e. The second-order valence-corrected chi connectivity index (χ2v) is 5.97. The number of hydrogen-bond donors (Lipinski definition) is 2. The van der Waals surface area contributed by atoms with E-state index in [0.29, 0.717) is 12.0 Å². The van der Waals surface area contributed by atoms with Crippen LogP contribution in [0.1, 0.15) is 24.9 Å². The minimum absolute atomic E-state index is 0.115. The van der Waals surface area contributed by atoms with E-state index in [1.807, 2.05) is 61.5 Å². The molecule has 0 unspecified atom stereocenters. The van der Waals surface area contributed by atoms with Crippen molar-refractivity contribution in [2.45, 2.75) is 25.5 Å². The van der Waals surface area contributed by atoms with E-state index in [1.165, 1.54) is 0 Å². The number of carbonyl (C=O) groups excluding carboxylic acids is 1. The van der Waals surface area contributed by atoms with E-state index < -0.39 is 0 Å². The number of ether oxygens (including phenoxy) is 1. The Morgan fingerprint density at radius 1 is 1.00 bits per heavy atom. The summed E-state index contributed by atoms with van der Waals surface area (Å²) in [5.41, 5.74) is 4.63. The number of fused-ring (bicyclic) bond motifs is 1. The van der Waals surface area contributed by atoms with Crippen molar-refractivity contribution in [3.05, 3.63) is 71.4 Å². The summed E-state index contributed by atoms with van der Waals surface area (Å²) in [7, 11) is 0. The Balaban J connectivity index is 1.88. The second-order valence-electron chi connectivity index (χ2n) is 5.97. The van der Waals surface area contributed by atoms with E-state index in [0.717, 1.165) is 22.6 Å². The average Bonchev–Trinajstić information content (AvgIpc) is 2.72. The minimum atomic E-state index is -0.250. The quantitative estimate of drug-likeness (QED) is 0.786. The van der Waals surface area contributed by atoms with Gasteiger partial charge in [0, 0.05) is 12.1 Å². The molecule has 2 N–H and O–H groups in total. The van der Waals surface area contributed by atoms with E-state index in [9.17, 15) is 4.79 Å². The highest BCUT2D eigenvalue weighted by atomic mass is 16.5. The first-order valence-corrected chi connectivity index (χ1v) is 7.84. The molecular formula is C19H18N2O2. The molecule has 4 rings (SSSR count). The lowest BCUT2D eigenvalue weighted by atomic mass is 9.93. The Kier molecular flexibility index (Phi) is 3.30. The largest absolute Gasteiger partial charge is 0.459 e. The van der Waals surface area contributed by atoms with Gasteiger partial charge in [0.05, 0.1) is 23.0 Å². The molecule has 2 heterocycles. The van der Waals surface area contributed by atoms with Crippen molar-refractivity contribution in [1.82, 2.24) is 0 Å². The molecule has 2 atom stereocenters. The Morgan fingerprint density at radius 2 is 1.70 bits per heavy atom. The highest BCUT2D eigenvalue weighted by Gasteiger charge is 2.35. The van der Waals surface area contributed by atoms with Crippen LogP contribution in [-0.4, -0.2) is 12.1 Å². The van der Waals surface area contributed by atoms with Crippen LogP contribution < -0.4 is 10.6 Å². The molecule has 0 aliphatic carbocycles. The van der Waals surface area contributed by atoms with Crippen LogP contribution in [0.15, 0.2) is 65.9 Å². The normalized spacial score (nSPS) is 22.9. The van der Waals surface area contributed by atoms with Crippen molar-refractivity contribution in [1.29, 1.82) is 0 Å². The highest BCUT2D eigenvalue weighted by molar-refractivity contribution is 5.95. The second kappa shape index (κ2) is 5.47. The molecule has 2 aromatic carbocycles. The summed E-state index contributed by atoms with van der Waals surface area (Å²) >= 11 is 0. The van der Waals surface area contributed by atoms with Crippen molar-refractivity contribution in [3.63, 3.8) is 0 Å². The SMILES string of the molecule is C[C@@H]1CC2=C(C(=O)O1)[C@@H](c1ccccc1)Nc1ccccc1N2. The molecule has 116 valence electrons. The molecule has 23 heavy (non-hydrogen) atoms. The lowest BCUT2D eigenvalue weighted by Gasteiger charge is -2.28. The van der Waals surface area contributed by atoms with E-state index in [1.54, 1.807) is 0 Å². The summed E-state index contributed by atoms with van der Waals surface area (Å²) in [6, 6.07) is 17.8. The zero-order valence-corrected chi connectivity index (χ0v) is 12.9. The monoisotopic (exact) mass is 306 g/mol. The van der Waals surface area contributed by atoms with Gasteiger partial charge >= 0.3 is 5.97 Å². The first-order chi connectivity index (χ1) is 11.2. The van der Waals surface area contributed by atoms with Gasteiger partial charge in [-0.25, -0.2) is 4.79 Å². The summed E-state index contributed by atoms with van der Waals surface area (Å²) in [5, 5.41) is 6.94. The Bertz CT molecular complexity index is 783. The third-order valence-electron chi connectivity index (χ3n) is 4.28. The summed E-state index contributed by atoms with van der Waals surface area (Å²) in [6.07, 6.45) is 0.580. The molecule has 0 aromatic heterocycles. The van der Waals surface area contributed by atoms with Crippen molar-refractivity contribution in [2.75, 3.05) is 10.6 Å². The average molecular weight is 306 g/mol. The fourth-order valence-corrected chi connectivity index (χ4v) is 3.22. The summed E-state index contributed by atoms with van der Waals surface area (Å²) in [4.78, 5) is 12.6. The van der Waals surface area contributed by atoms with E-state index in [-0.39, 0.29) is 18.1 Å². The van der Waals surface area contributed by atoms with Gasteiger partial charge in [0.15, 0.2) is 0 Å². The maximum Gasteiger partial charge on any atom is 0.338 e. The lowest BCUT2D eigenvalue weighted by Crippen LogP contribution is -2.30. The zero-order chi connectivity index (χ0) is 15.8. The fraction of sp³-hybridized carbons (Fsp3) is 0.211. The fourth-order valence-electron chi connectivity index (χ4n) is 3.22. The van der Waals surface area contributed by atoms with Crippen LogP contribution >= 0.6 is 0 Å². The number of rotatable bonds is 1. The third-order valence-corrected chi connectivity index (χ3v) is 4.28. The van der Waals surface area contributed by atoms with Crippen molar-refractivity contribution in [2.24, 2.45) is 0 Å². The molecule has 0 saturated carbocycles. The van der Waals surface area contributed by atoms with Gasteiger partial charge in [0.1, 0.15) is 6.10 Å². The van der Waals surface area contributed by atoms with Gasteiger partial charge in [0.2, 0.25) is 0 Å². The number of esters is 1. The predicted octanol–water partition coefficient (Wildman–Crippen LogP) is 3.85. The molecule has 0 amide bonds. The number of nitrogens with one attached hydrogen (secondary N) is 2. The van der Waals surface area contributed by atoms with Gasteiger partial charge < -0.3 is 15.4 Å². The molecule has 2 aromatic rings. The molecule has 0 fully saturated rings. The van der Waals surface area contributed by atoms with Crippen LogP contribution in [0, 0.1) is 0 Å². The van der Waals surface area contributed by atoms with Crippen molar-refractivity contribution < 1.29 is 9.53 Å². The first-order valence-electron chi connectivity index (χ1n) is 7.84. The molecular weight excluding hydrogens is 288 g/mol. The molecule has 0 spiro atoms. The molecule has 0 radical (unpaired) electrons. The van der Waals surface area contributed by atoms with Crippen LogP contribution in [-0.2, 0) is 9.53 Å². The van der Waals surface area contributed by atoms with Gasteiger partial charge in [-0.1, -0.05) is 42.5 Å². The predicted molar refractivity (Wildman–Crippen MR) is 90.1 cm³/mol. The highest BCUT2D eigenvalue weighted by Crippen LogP contribution is 2.39. The summed E-state index contributed by atoms with van der Waals surface area (Å²) < 4.78 is 5.48. The molecule has 4 nitrogen and oxygen atoms in total. The van der Waals surface area contributed by atoms with Gasteiger partial charge in [-0.2, -0.15) is 0 Å². The Hall–Kier alpha value is -2.75. The van der Waals surface area contributed by atoms with Gasteiger partial charge in [0.25, 0.3) is 0 Å². The van der Waals surface area contributed by atoms with E-state index in [2.05, 4.69) is 10.6 Å². The van der Waals surface area contributed by atoms with E-state index in [4.69, 9.17) is 4.74 Å². The minimum Gasteiger partial charge on any atom is -0.459 e. The number of hydrogen-bond acceptors (Lipinski definition) is 4. The van der Waals surface area contributed by atoms with Crippen molar-refractivity contribution in [3.8, 4) is 0 Å². The molecule has 2 aliphatic rings. The standard InChI is InChI=1S/C19H18N2O2/c1-12-11-16-17(19(22)23-12)18(13-7-3-2-4-8-13)21-15-10-6-5-9-14(15)20-16/h2-10,12,18,20-21H,11H2,1H3/t12-,18-/m1/s1. The Labute approximate surface area is 135 Å². The van der Waals surface area contributed by atoms with E-state index >= 15 is 0 Å². The van der Waals surface area contributed by atoms with Crippen molar-refractivity contribution >= 4 is 17.3 Å². The Morgan fingerprint density at radius 3 is 2.48 bits per heavy atom. The molecule has 4 heteroatoms. The van der Waals surface area contributed by atoms with Crippen LogP contribution in [0.25, 0.3) is 0 Å². The zero-order valence-electron chi connectivity index (χ0n) is 12.9. The number of anilines is 2. The molecule has 2 aliphatic heterocycles. The number of para-hydroxylation sites is 2. The number of carbonyl (C=O) groups is 1.